The van der Waals surface area contributed by atoms with Crippen LogP contribution in [0, 0.1) is 23.7 Å². The number of rotatable bonds is 13. The third-order valence-electron chi connectivity index (χ3n) is 8.63. The van der Waals surface area contributed by atoms with Crippen LogP contribution in [-0.2, 0) is 11.2 Å². The quantitative estimate of drug-likeness (QED) is 0.219. The number of unbranched alkanes of at least 4 members (excludes halogenated alkanes) is 4. The van der Waals surface area contributed by atoms with Gasteiger partial charge < -0.3 is 4.74 Å². The van der Waals surface area contributed by atoms with Gasteiger partial charge in [-0.2, -0.15) is 0 Å². The van der Waals surface area contributed by atoms with Gasteiger partial charge >= 0.3 is 5.97 Å². The summed E-state index contributed by atoms with van der Waals surface area (Å²) in [5.41, 5.74) is 2.04. The molecule has 0 unspecified atom stereocenters. The average Bonchev–Trinajstić information content (AvgIpc) is 2.87. The van der Waals surface area contributed by atoms with Crippen LogP contribution in [0.4, 0.5) is 0 Å². The van der Waals surface area contributed by atoms with E-state index in [-0.39, 0.29) is 5.97 Å². The van der Waals surface area contributed by atoms with E-state index in [1.165, 1.54) is 102 Å². The molecule has 0 spiro atoms. The fraction of sp³-hybridized carbons (Fsp3) is 0.774. The monoisotopic (exact) mass is 454 g/mol. The molecule has 33 heavy (non-hydrogen) atoms. The third kappa shape index (κ3) is 9.10. The molecule has 2 aliphatic rings. The van der Waals surface area contributed by atoms with Gasteiger partial charge in [0.25, 0.3) is 0 Å². The zero-order valence-electron chi connectivity index (χ0n) is 21.7. The molecule has 0 saturated heterocycles. The van der Waals surface area contributed by atoms with Crippen LogP contribution >= 0.6 is 0 Å². The number of hydrogen-bond donors (Lipinski definition) is 0. The molecule has 2 fully saturated rings. The van der Waals surface area contributed by atoms with Crippen molar-refractivity contribution in [2.45, 2.75) is 123 Å². The highest BCUT2D eigenvalue weighted by molar-refractivity contribution is 5.89. The molecule has 0 bridgehead atoms. The second-order valence-electron chi connectivity index (χ2n) is 11.1. The van der Waals surface area contributed by atoms with Gasteiger partial charge in [0, 0.05) is 0 Å². The van der Waals surface area contributed by atoms with Crippen LogP contribution in [-0.4, -0.2) is 12.6 Å². The van der Waals surface area contributed by atoms with Crippen LogP contribution in [0.15, 0.2) is 24.3 Å². The van der Waals surface area contributed by atoms with Crippen molar-refractivity contribution >= 4 is 5.97 Å². The molecule has 0 atom stereocenters. The SMILES string of the molecule is CCCCCCCC1CCC(C2CCC(CCc3ccc(C(=O)OCCC)cc3)CC2)CC1. The molecule has 0 radical (unpaired) electrons. The van der Waals surface area contributed by atoms with E-state index >= 15 is 0 Å². The second-order valence-corrected chi connectivity index (χ2v) is 11.1. The van der Waals surface area contributed by atoms with E-state index in [9.17, 15) is 4.79 Å². The lowest BCUT2D eigenvalue weighted by Gasteiger charge is -2.38. The second kappa shape index (κ2) is 14.8. The molecule has 3 rings (SSSR count). The van der Waals surface area contributed by atoms with Gasteiger partial charge in [-0.25, -0.2) is 4.79 Å². The summed E-state index contributed by atoms with van der Waals surface area (Å²) in [7, 11) is 0. The van der Waals surface area contributed by atoms with Gasteiger partial charge in [0.2, 0.25) is 0 Å². The first-order valence-corrected chi connectivity index (χ1v) is 14.5. The van der Waals surface area contributed by atoms with Gasteiger partial charge in [0.15, 0.2) is 0 Å². The minimum atomic E-state index is -0.192. The normalized spacial score (nSPS) is 25.6. The summed E-state index contributed by atoms with van der Waals surface area (Å²) in [6.07, 6.45) is 23.9. The Morgan fingerprint density at radius 2 is 1.30 bits per heavy atom. The van der Waals surface area contributed by atoms with Crippen molar-refractivity contribution in [3.05, 3.63) is 35.4 Å². The van der Waals surface area contributed by atoms with Crippen molar-refractivity contribution in [2.75, 3.05) is 6.61 Å². The molecule has 2 aliphatic carbocycles. The average molecular weight is 455 g/mol. The molecule has 186 valence electrons. The maximum atomic E-state index is 12.0. The van der Waals surface area contributed by atoms with Crippen LogP contribution in [0.3, 0.4) is 0 Å². The van der Waals surface area contributed by atoms with Crippen LogP contribution < -0.4 is 0 Å². The van der Waals surface area contributed by atoms with Crippen LogP contribution in [0.1, 0.15) is 133 Å². The maximum absolute atomic E-state index is 12.0. The number of carbonyl (C=O) groups is 1. The Balaban J connectivity index is 1.29. The van der Waals surface area contributed by atoms with Gasteiger partial charge in [-0.1, -0.05) is 90.2 Å². The van der Waals surface area contributed by atoms with Crippen molar-refractivity contribution in [3.8, 4) is 0 Å². The Morgan fingerprint density at radius 1 is 0.727 bits per heavy atom. The van der Waals surface area contributed by atoms with Crippen molar-refractivity contribution in [1.29, 1.82) is 0 Å². The number of ether oxygens (including phenoxy) is 1. The lowest BCUT2D eigenvalue weighted by Crippen LogP contribution is -2.26. The van der Waals surface area contributed by atoms with Crippen LogP contribution in [0.2, 0.25) is 0 Å². The smallest absolute Gasteiger partial charge is 0.338 e. The summed E-state index contributed by atoms with van der Waals surface area (Å²) in [5.74, 6) is 3.79. The molecular formula is C31H50O2. The lowest BCUT2D eigenvalue weighted by molar-refractivity contribution is 0.0505. The van der Waals surface area contributed by atoms with E-state index < -0.39 is 0 Å². The summed E-state index contributed by atoms with van der Waals surface area (Å²) in [6, 6.07) is 8.12. The first-order chi connectivity index (χ1) is 16.2. The molecule has 0 aliphatic heterocycles. The standard InChI is InChI=1S/C31H50O2/c1-3-5-6-7-8-9-25-12-18-28(19-13-25)29-20-14-26(15-21-29)10-11-27-16-22-30(23-17-27)31(32)33-24-4-2/h16-17,22-23,25-26,28-29H,3-15,18-21,24H2,1-2H3. The number of esters is 1. The number of benzene rings is 1. The molecular weight excluding hydrogens is 404 g/mol. The highest BCUT2D eigenvalue weighted by Crippen LogP contribution is 2.43. The summed E-state index contributed by atoms with van der Waals surface area (Å²) in [6.45, 7) is 4.83. The van der Waals surface area contributed by atoms with Crippen LogP contribution in [0.5, 0.6) is 0 Å². The predicted octanol–water partition coefficient (Wildman–Crippen LogP) is 9.16. The predicted molar refractivity (Wildman–Crippen MR) is 140 cm³/mol. The molecule has 2 nitrogen and oxygen atoms in total. The summed E-state index contributed by atoms with van der Waals surface area (Å²) in [4.78, 5) is 12.0. The van der Waals surface area contributed by atoms with E-state index in [1.54, 1.807) is 0 Å². The van der Waals surface area contributed by atoms with Gasteiger partial charge in [-0.15, -0.1) is 0 Å². The molecule has 0 aromatic heterocycles. The summed E-state index contributed by atoms with van der Waals surface area (Å²) in [5, 5.41) is 0. The maximum Gasteiger partial charge on any atom is 0.338 e. The minimum Gasteiger partial charge on any atom is -0.462 e. The Morgan fingerprint density at radius 3 is 1.88 bits per heavy atom. The van der Waals surface area contributed by atoms with E-state index in [2.05, 4.69) is 19.1 Å². The Labute approximate surface area is 204 Å². The highest BCUT2D eigenvalue weighted by Gasteiger charge is 2.30. The van der Waals surface area contributed by atoms with E-state index in [4.69, 9.17) is 4.74 Å². The first-order valence-electron chi connectivity index (χ1n) is 14.5. The first kappa shape index (κ1) is 26.3. The molecule has 0 N–H and O–H groups in total. The van der Waals surface area contributed by atoms with Gasteiger partial charge in [0.1, 0.15) is 0 Å². The van der Waals surface area contributed by atoms with Crippen molar-refractivity contribution < 1.29 is 9.53 Å². The number of aryl methyl sites for hydroxylation is 1. The highest BCUT2D eigenvalue weighted by atomic mass is 16.5. The Kier molecular flexibility index (Phi) is 11.8. The largest absolute Gasteiger partial charge is 0.462 e. The molecule has 2 saturated carbocycles. The number of carbonyl (C=O) groups excluding carboxylic acids is 1. The molecule has 1 aromatic rings. The number of hydrogen-bond acceptors (Lipinski definition) is 2. The zero-order valence-corrected chi connectivity index (χ0v) is 21.7. The third-order valence-corrected chi connectivity index (χ3v) is 8.63. The van der Waals surface area contributed by atoms with E-state index in [0.717, 1.165) is 36.5 Å². The van der Waals surface area contributed by atoms with Crippen molar-refractivity contribution in [1.82, 2.24) is 0 Å². The molecule has 1 aromatic carbocycles. The topological polar surface area (TPSA) is 26.3 Å². The zero-order chi connectivity index (χ0) is 23.3. The van der Waals surface area contributed by atoms with Gasteiger partial charge in [0.05, 0.1) is 12.2 Å². The van der Waals surface area contributed by atoms with Crippen LogP contribution in [0.25, 0.3) is 0 Å². The Bertz CT molecular complexity index is 648. The fourth-order valence-corrected chi connectivity index (χ4v) is 6.39. The van der Waals surface area contributed by atoms with E-state index in [0.29, 0.717) is 12.2 Å². The summed E-state index contributed by atoms with van der Waals surface area (Å²) >= 11 is 0. The van der Waals surface area contributed by atoms with Crippen molar-refractivity contribution in [3.63, 3.8) is 0 Å². The summed E-state index contributed by atoms with van der Waals surface area (Å²) < 4.78 is 5.23. The fourth-order valence-electron chi connectivity index (χ4n) is 6.39. The van der Waals surface area contributed by atoms with Crippen molar-refractivity contribution in [2.24, 2.45) is 23.7 Å². The lowest BCUT2D eigenvalue weighted by atomic mass is 9.68. The molecule has 0 amide bonds. The van der Waals surface area contributed by atoms with Gasteiger partial charge in [-0.05, 0) is 86.3 Å². The van der Waals surface area contributed by atoms with E-state index in [1.807, 2.05) is 19.1 Å². The Hall–Kier alpha value is -1.31. The molecule has 0 heterocycles. The van der Waals surface area contributed by atoms with Gasteiger partial charge in [-0.3, -0.25) is 0 Å². The molecule has 2 heteroatoms. The minimum absolute atomic E-state index is 0.192.